The van der Waals surface area contributed by atoms with Gasteiger partial charge in [-0.25, -0.2) is 0 Å². The summed E-state index contributed by atoms with van der Waals surface area (Å²) in [5.41, 5.74) is 0. The van der Waals surface area contributed by atoms with Crippen LogP contribution in [0.5, 0.6) is 0 Å². The normalized spacial score (nSPS) is 9.00. The maximum atomic E-state index is 7.75. The SMILES string of the molecule is [CH-]=O.[CH-]=O.[CH-]=O.[CH-]=O.[CH-]=O.[Fe+3].[Fe+4].[S-]c1ccccc1[S-].[SH-].c1ccc(P(=[N+]=P(c2ccccc2)(c2ccccc2)c2ccccc2)(c2ccccc2)c2ccccc2)cc1. The number of carbonyl (C=O) groups excluding carboxylic acids is 5. The Morgan fingerprint density at radius 1 is 0.300 bits per heavy atom. The zero-order chi connectivity index (χ0) is 42.4. The Labute approximate surface area is 394 Å². The number of hydrogen-bond acceptors (Lipinski definition) is 8. The zero-order valence-corrected chi connectivity index (χ0v) is 38.4. The molecule has 0 atom stereocenters. The zero-order valence-electron chi connectivity index (χ0n) is 31.9. The van der Waals surface area contributed by atoms with Gasteiger partial charge in [-0.05, 0) is 72.8 Å². The molecule has 7 aromatic rings. The molecule has 0 aliphatic heterocycles. The van der Waals surface area contributed by atoms with E-state index in [1.807, 2.05) is 24.3 Å². The molecule has 0 spiro atoms. The van der Waals surface area contributed by atoms with Gasteiger partial charge in [-0.15, -0.1) is 4.17 Å². The molecule has 7 rings (SSSR count). The minimum Gasteiger partial charge on any atom is -0.813 e. The Kier molecular flexibility index (Phi) is 34.8. The average molecular weight is 969 g/mol. The third kappa shape index (κ3) is 15.7. The van der Waals surface area contributed by atoms with Crippen molar-refractivity contribution in [3.05, 3.63) is 206 Å². The number of benzene rings is 7. The van der Waals surface area contributed by atoms with Gasteiger partial charge in [0.2, 0.25) is 0 Å². The monoisotopic (exact) mass is 968 g/mol. The van der Waals surface area contributed by atoms with Gasteiger partial charge in [0, 0.05) is 0 Å². The summed E-state index contributed by atoms with van der Waals surface area (Å²) in [6.45, 7) is 16.2. The first-order valence-corrected chi connectivity index (χ1v) is 20.9. The van der Waals surface area contributed by atoms with Crippen LogP contribution >= 0.6 is 14.1 Å². The topological polar surface area (TPSA) is 99.4 Å². The summed E-state index contributed by atoms with van der Waals surface area (Å²) in [6, 6.07) is 73.1. The molecule has 13 heteroatoms. The van der Waals surface area contributed by atoms with Gasteiger partial charge < -0.3 is 62.7 Å². The smallest absolute Gasteiger partial charge is 0.813 e. The average Bonchev–Trinajstić information content (AvgIpc) is 3.33. The Balaban J connectivity index is -0.00000133. The van der Waals surface area contributed by atoms with Gasteiger partial charge in [0.15, 0.2) is 0 Å². The van der Waals surface area contributed by atoms with Crippen LogP contribution in [-0.2, 0) is 96.9 Å². The van der Waals surface area contributed by atoms with E-state index in [-0.39, 0.29) is 47.6 Å². The van der Waals surface area contributed by atoms with Gasteiger partial charge in [0.1, 0.15) is 0 Å². The summed E-state index contributed by atoms with van der Waals surface area (Å²) < 4.78 is 6.38. The van der Waals surface area contributed by atoms with E-state index in [0.717, 1.165) is 9.79 Å². The Hall–Kier alpha value is -4.71. The van der Waals surface area contributed by atoms with E-state index in [1.54, 1.807) is 0 Å². The molecule has 0 amide bonds. The van der Waals surface area contributed by atoms with Gasteiger partial charge >= 0.3 is 48.2 Å². The molecule has 0 saturated heterocycles. The van der Waals surface area contributed by atoms with Gasteiger partial charge in [-0.2, -0.15) is 9.79 Å². The van der Waals surface area contributed by atoms with Crippen molar-refractivity contribution in [2.45, 2.75) is 9.79 Å². The fraction of sp³-hybridized carbons (Fsp3) is 0. The van der Waals surface area contributed by atoms with Crippen LogP contribution in [0, 0.1) is 0 Å². The molecule has 0 heterocycles. The molecule has 0 aliphatic carbocycles. The van der Waals surface area contributed by atoms with Crippen molar-refractivity contribution >= 4 is 119 Å². The molecule has 0 N–H and O–H groups in total. The molecular weight excluding hydrogens is 928 g/mol. The molecule has 1 radical (unpaired) electrons. The van der Waals surface area contributed by atoms with Crippen molar-refractivity contribution in [3.63, 3.8) is 0 Å². The Morgan fingerprint density at radius 2 is 0.433 bits per heavy atom. The molecule has 0 unspecified atom stereocenters. The molecule has 0 bridgehead atoms. The molecule has 0 fully saturated rings. The number of thiol groups is 1. The van der Waals surface area contributed by atoms with Crippen molar-refractivity contribution in [2.75, 3.05) is 0 Å². The second-order valence-corrected chi connectivity index (χ2v) is 18.1. The standard InChI is InChI=1S/C36H30NP2.C6H6S2.5CHO.2Fe.H2S/c1-7-19-31(20-8-1)38(32-21-9-2-10-22-32,33-23-11-3-12-24-33)37-39(34-25-13-4-14-26-34,35-27-15-5-16-28-35)36-29-17-6-18-30-36;7-5-3-1-2-4-6(5)8;5*1-2;;;/h1-30H;1-4,7-8H;5*1H;;;1H2/q+1;;5*-1;+3;+4;/p-3. The summed E-state index contributed by atoms with van der Waals surface area (Å²) >= 11 is 9.70. The molecule has 0 saturated carbocycles. The molecule has 0 aliphatic rings. The largest absolute Gasteiger partial charge is 4.00 e. The summed E-state index contributed by atoms with van der Waals surface area (Å²) in [5.74, 6) is 0. The van der Waals surface area contributed by atoms with Crippen LogP contribution in [0.1, 0.15) is 0 Å². The van der Waals surface area contributed by atoms with Crippen LogP contribution in [0.4, 0.5) is 0 Å². The van der Waals surface area contributed by atoms with E-state index in [0.29, 0.717) is 0 Å². The minimum atomic E-state index is -2.50. The van der Waals surface area contributed by atoms with E-state index in [9.17, 15) is 0 Å². The first kappa shape index (κ1) is 59.6. The minimum absolute atomic E-state index is 0. The number of hydrogen-bond donors (Lipinski definition) is 0. The first-order chi connectivity index (χ1) is 28.1. The van der Waals surface area contributed by atoms with Crippen molar-refractivity contribution in [3.8, 4) is 0 Å². The second kappa shape index (κ2) is 35.1. The summed E-state index contributed by atoms with van der Waals surface area (Å²) in [5, 5.41) is 7.55. The summed E-state index contributed by atoms with van der Waals surface area (Å²) in [6.07, 6.45) is 0. The Bertz CT molecular complexity index is 1890. The number of nitrogens with zero attached hydrogens (tertiary/aromatic N) is 1. The predicted molar refractivity (Wildman–Crippen MR) is 253 cm³/mol. The van der Waals surface area contributed by atoms with Crippen LogP contribution < -0.4 is 36.0 Å². The fourth-order valence-corrected chi connectivity index (χ4v) is 15.5. The van der Waals surface area contributed by atoms with Crippen LogP contribution in [-0.4, -0.2) is 33.9 Å². The maximum Gasteiger partial charge on any atom is 4.00 e. The predicted octanol–water partition coefficient (Wildman–Crippen LogP) is 6.26. The van der Waals surface area contributed by atoms with Crippen LogP contribution in [0.2, 0.25) is 0 Å². The molecule has 6 nitrogen and oxygen atoms in total. The molecule has 7 aromatic carbocycles. The van der Waals surface area contributed by atoms with Gasteiger partial charge in [-0.3, -0.25) is 33.9 Å². The van der Waals surface area contributed by atoms with Gasteiger partial charge in [0.05, 0.1) is 31.8 Å². The van der Waals surface area contributed by atoms with Gasteiger partial charge in [-0.1, -0.05) is 133 Å². The Morgan fingerprint density at radius 3 is 0.567 bits per heavy atom. The van der Waals surface area contributed by atoms with Crippen molar-refractivity contribution in [1.29, 1.82) is 0 Å². The fourth-order valence-electron chi connectivity index (χ4n) is 5.72. The van der Waals surface area contributed by atoms with E-state index >= 15 is 0 Å². The van der Waals surface area contributed by atoms with Crippen molar-refractivity contribution in [2.24, 2.45) is 0 Å². The van der Waals surface area contributed by atoms with E-state index < -0.39 is 14.1 Å². The van der Waals surface area contributed by atoms with Crippen LogP contribution in [0.3, 0.4) is 0 Å². The van der Waals surface area contributed by atoms with Crippen LogP contribution in [0.25, 0.3) is 0 Å². The van der Waals surface area contributed by atoms with E-state index in [2.05, 4.69) is 216 Å². The quantitative estimate of drug-likeness (QED) is 0.0367. The molecule has 0 aromatic heterocycles. The second-order valence-electron chi connectivity index (χ2n) is 10.8. The third-order valence-electron chi connectivity index (χ3n) is 7.90. The van der Waals surface area contributed by atoms with E-state index in [4.69, 9.17) is 53.4 Å². The number of rotatable bonds is 6. The van der Waals surface area contributed by atoms with Crippen LogP contribution in [0.15, 0.2) is 216 Å². The summed E-state index contributed by atoms with van der Waals surface area (Å²) in [7, 11) is -4.99. The maximum absolute atomic E-state index is 7.75. The third-order valence-corrected chi connectivity index (χ3v) is 17.2. The first-order valence-electron chi connectivity index (χ1n) is 16.6. The molecule has 307 valence electrons. The van der Waals surface area contributed by atoms with Gasteiger partial charge in [0.25, 0.3) is 0 Å². The van der Waals surface area contributed by atoms with Crippen molar-refractivity contribution in [1.82, 2.24) is 4.17 Å². The van der Waals surface area contributed by atoms with Crippen molar-refractivity contribution < 1.29 is 58.1 Å². The summed E-state index contributed by atoms with van der Waals surface area (Å²) in [4.78, 5) is 40.3. The molecular formula is C47H40Fe2NO5P2S3. The van der Waals surface area contributed by atoms with E-state index in [1.165, 1.54) is 31.8 Å². The molecule has 60 heavy (non-hydrogen) atoms.